The molecular weight excluding hydrogens is 432 g/mol. The first kappa shape index (κ1) is 29.2. The SMILES string of the molecule is C=C=C(C(=C)c1ccccc1C)C1=CC=C(Cc2cc(C(C)(C)C)c(C(C)(C)C)cc2C)C1=C.CC. The highest BCUT2D eigenvalue weighted by Gasteiger charge is 2.27. The van der Waals surface area contributed by atoms with E-state index in [-0.39, 0.29) is 10.8 Å². The molecule has 190 valence electrons. The van der Waals surface area contributed by atoms with Gasteiger partial charge in [-0.2, -0.15) is 0 Å². The monoisotopic (exact) mass is 478 g/mol. The van der Waals surface area contributed by atoms with Crippen LogP contribution in [0.5, 0.6) is 0 Å². The maximum absolute atomic E-state index is 4.47. The molecule has 0 nitrogen and oxygen atoms in total. The van der Waals surface area contributed by atoms with Crippen LogP contribution in [0.2, 0.25) is 0 Å². The highest BCUT2D eigenvalue weighted by Crippen LogP contribution is 2.40. The molecule has 0 saturated heterocycles. The number of benzene rings is 2. The molecule has 0 aromatic heterocycles. The summed E-state index contributed by atoms with van der Waals surface area (Å²) in [4.78, 5) is 0. The molecule has 1 aliphatic rings. The Morgan fingerprint density at radius 2 is 1.39 bits per heavy atom. The molecule has 2 aromatic carbocycles. The van der Waals surface area contributed by atoms with Crippen molar-refractivity contribution in [2.75, 3.05) is 0 Å². The molecule has 1 aliphatic carbocycles. The van der Waals surface area contributed by atoms with Crippen molar-refractivity contribution in [2.24, 2.45) is 0 Å². The van der Waals surface area contributed by atoms with E-state index >= 15 is 0 Å². The lowest BCUT2D eigenvalue weighted by Crippen LogP contribution is -2.22. The van der Waals surface area contributed by atoms with Crippen molar-refractivity contribution in [3.63, 3.8) is 0 Å². The van der Waals surface area contributed by atoms with Crippen LogP contribution in [0.4, 0.5) is 0 Å². The number of hydrogen-bond donors (Lipinski definition) is 0. The van der Waals surface area contributed by atoms with Crippen molar-refractivity contribution < 1.29 is 0 Å². The van der Waals surface area contributed by atoms with E-state index in [0.29, 0.717) is 0 Å². The van der Waals surface area contributed by atoms with E-state index in [0.717, 1.165) is 34.3 Å². The van der Waals surface area contributed by atoms with E-state index in [1.165, 1.54) is 33.4 Å². The predicted molar refractivity (Wildman–Crippen MR) is 162 cm³/mol. The first-order chi connectivity index (χ1) is 16.8. The minimum Gasteiger partial charge on any atom is -0.119 e. The minimum absolute atomic E-state index is 0.0829. The van der Waals surface area contributed by atoms with E-state index in [2.05, 4.69) is 123 Å². The van der Waals surface area contributed by atoms with Gasteiger partial charge in [0, 0.05) is 5.57 Å². The summed E-state index contributed by atoms with van der Waals surface area (Å²) in [7, 11) is 0. The molecular formula is C36H46. The molecule has 0 heteroatoms. The first-order valence-corrected chi connectivity index (χ1v) is 13.2. The summed E-state index contributed by atoms with van der Waals surface area (Å²) in [6, 6.07) is 13.1. The molecule has 36 heavy (non-hydrogen) atoms. The maximum Gasteiger partial charge on any atom is 0.0309 e. The molecule has 0 atom stereocenters. The Morgan fingerprint density at radius 3 is 1.92 bits per heavy atom. The highest BCUT2D eigenvalue weighted by molar-refractivity contribution is 5.87. The van der Waals surface area contributed by atoms with Gasteiger partial charge < -0.3 is 0 Å². The molecule has 0 spiro atoms. The molecule has 2 aromatic rings. The fourth-order valence-electron chi connectivity index (χ4n) is 4.76. The topological polar surface area (TPSA) is 0 Å². The summed E-state index contributed by atoms with van der Waals surface area (Å²) in [5, 5.41) is 0. The maximum atomic E-state index is 4.47. The van der Waals surface area contributed by atoms with Crippen molar-refractivity contribution in [1.29, 1.82) is 0 Å². The standard InChI is InChI=1S/C34H40.C2H6/c1-12-28(25(5)29-16-14-13-15-22(29)2)30-18-17-26(24(30)4)20-27-21-32(34(9,10)11)31(19-23(27)3)33(6,7)8;1-2/h13-19,21H,1,4-5,20H2,2-3,6-11H3;1-2H3. The van der Waals surface area contributed by atoms with Crippen LogP contribution in [0, 0.1) is 13.8 Å². The minimum atomic E-state index is 0.0829. The second-order valence-electron chi connectivity index (χ2n) is 11.6. The van der Waals surface area contributed by atoms with Crippen LogP contribution in [0.15, 0.2) is 96.3 Å². The molecule has 3 rings (SSSR count). The number of aryl methyl sites for hydroxylation is 2. The third kappa shape index (κ3) is 6.18. The summed E-state index contributed by atoms with van der Waals surface area (Å²) in [5.41, 5.74) is 16.4. The van der Waals surface area contributed by atoms with Gasteiger partial charge in [0.25, 0.3) is 0 Å². The van der Waals surface area contributed by atoms with Crippen molar-refractivity contribution in [2.45, 2.75) is 86.5 Å². The lowest BCUT2D eigenvalue weighted by Gasteiger charge is -2.31. The summed E-state index contributed by atoms with van der Waals surface area (Å²) in [6.45, 7) is 35.0. The third-order valence-corrected chi connectivity index (χ3v) is 6.86. The van der Waals surface area contributed by atoms with Gasteiger partial charge in [-0.15, -0.1) is 5.73 Å². The van der Waals surface area contributed by atoms with Crippen LogP contribution in [0.1, 0.15) is 88.8 Å². The van der Waals surface area contributed by atoms with Gasteiger partial charge in [0.1, 0.15) is 0 Å². The molecule has 0 N–H and O–H groups in total. The zero-order valence-corrected chi connectivity index (χ0v) is 24.4. The Kier molecular flexibility index (Phi) is 9.17. The number of allylic oxidation sites excluding steroid dienone is 7. The van der Waals surface area contributed by atoms with Crippen LogP contribution in [-0.2, 0) is 17.3 Å². The Hall–Kier alpha value is -3.08. The van der Waals surface area contributed by atoms with Gasteiger partial charge in [0.15, 0.2) is 0 Å². The Morgan fingerprint density at radius 1 is 0.833 bits per heavy atom. The quantitative estimate of drug-likeness (QED) is 0.296. The molecule has 0 saturated carbocycles. The van der Waals surface area contributed by atoms with Crippen molar-refractivity contribution in [1.82, 2.24) is 0 Å². The molecule has 0 bridgehead atoms. The van der Waals surface area contributed by atoms with Crippen LogP contribution in [0.3, 0.4) is 0 Å². The molecule has 0 radical (unpaired) electrons. The van der Waals surface area contributed by atoms with E-state index in [1.54, 1.807) is 0 Å². The summed E-state index contributed by atoms with van der Waals surface area (Å²) in [6.07, 6.45) is 5.21. The van der Waals surface area contributed by atoms with Crippen LogP contribution >= 0.6 is 0 Å². The van der Waals surface area contributed by atoms with Crippen LogP contribution in [0.25, 0.3) is 5.57 Å². The smallest absolute Gasteiger partial charge is 0.0309 e. The summed E-state index contributed by atoms with van der Waals surface area (Å²) < 4.78 is 0. The van der Waals surface area contributed by atoms with Gasteiger partial charge in [0.2, 0.25) is 0 Å². The largest absolute Gasteiger partial charge is 0.119 e. The van der Waals surface area contributed by atoms with Crippen molar-refractivity contribution in [3.8, 4) is 0 Å². The van der Waals surface area contributed by atoms with Crippen molar-refractivity contribution in [3.05, 3.63) is 130 Å². The van der Waals surface area contributed by atoms with Crippen LogP contribution < -0.4 is 0 Å². The van der Waals surface area contributed by atoms with E-state index < -0.39 is 0 Å². The molecule has 0 aliphatic heterocycles. The lowest BCUT2D eigenvalue weighted by atomic mass is 9.73. The molecule has 0 amide bonds. The highest BCUT2D eigenvalue weighted by atomic mass is 14.3. The Labute approximate surface area is 221 Å². The normalized spacial score (nSPS) is 13.3. The van der Waals surface area contributed by atoms with E-state index in [1.807, 2.05) is 19.9 Å². The second-order valence-corrected chi connectivity index (χ2v) is 11.6. The number of hydrogen-bond acceptors (Lipinski definition) is 0. The Bertz CT molecular complexity index is 1270. The van der Waals surface area contributed by atoms with E-state index in [9.17, 15) is 0 Å². The zero-order chi connectivity index (χ0) is 27.4. The van der Waals surface area contributed by atoms with Crippen LogP contribution in [-0.4, -0.2) is 0 Å². The average molecular weight is 479 g/mol. The molecule has 0 heterocycles. The van der Waals surface area contributed by atoms with Gasteiger partial charge in [0.05, 0.1) is 0 Å². The van der Waals surface area contributed by atoms with Gasteiger partial charge in [-0.25, -0.2) is 0 Å². The summed E-state index contributed by atoms with van der Waals surface area (Å²) >= 11 is 0. The second kappa shape index (κ2) is 11.3. The van der Waals surface area contributed by atoms with Gasteiger partial charge >= 0.3 is 0 Å². The first-order valence-electron chi connectivity index (χ1n) is 13.2. The Balaban J connectivity index is 0.00000222. The predicted octanol–water partition coefficient (Wildman–Crippen LogP) is 10.3. The third-order valence-electron chi connectivity index (χ3n) is 6.86. The zero-order valence-electron chi connectivity index (χ0n) is 24.4. The molecule has 0 unspecified atom stereocenters. The van der Waals surface area contributed by atoms with Gasteiger partial charge in [-0.3, -0.25) is 0 Å². The van der Waals surface area contributed by atoms with E-state index in [4.69, 9.17) is 0 Å². The average Bonchev–Trinajstić information content (AvgIpc) is 3.15. The fourth-order valence-corrected chi connectivity index (χ4v) is 4.76. The fraction of sp³-hybridized carbons (Fsp3) is 0.361. The summed E-state index contributed by atoms with van der Waals surface area (Å²) in [5.74, 6) is 0. The van der Waals surface area contributed by atoms with Gasteiger partial charge in [-0.05, 0) is 86.8 Å². The van der Waals surface area contributed by atoms with Gasteiger partial charge in [-0.1, -0.05) is 124 Å². The lowest BCUT2D eigenvalue weighted by molar-refractivity contribution is 0.529. The number of rotatable bonds is 5. The molecule has 0 fully saturated rings. The van der Waals surface area contributed by atoms with Crippen molar-refractivity contribution >= 4 is 5.57 Å².